The Labute approximate surface area is 73.8 Å². The van der Waals surface area contributed by atoms with Crippen LogP contribution in [0.15, 0.2) is 24.3 Å². The molecule has 0 spiro atoms. The van der Waals surface area contributed by atoms with E-state index in [9.17, 15) is 0 Å². The molecule has 0 aromatic heterocycles. The van der Waals surface area contributed by atoms with Crippen LogP contribution in [0.25, 0.3) is 0 Å². The summed E-state index contributed by atoms with van der Waals surface area (Å²) in [6.07, 6.45) is 0. The van der Waals surface area contributed by atoms with E-state index in [1.165, 1.54) is 11.1 Å². The maximum absolute atomic E-state index is 5.59. The maximum atomic E-state index is 5.59. The van der Waals surface area contributed by atoms with Gasteiger partial charge in [0, 0.05) is 12.6 Å². The van der Waals surface area contributed by atoms with Crippen molar-refractivity contribution in [2.24, 2.45) is 5.73 Å². The highest BCUT2D eigenvalue weighted by molar-refractivity contribution is 5.24. The molecule has 0 aliphatic rings. The van der Waals surface area contributed by atoms with E-state index in [-0.39, 0.29) is 6.04 Å². The number of benzene rings is 1. The summed E-state index contributed by atoms with van der Waals surface area (Å²) in [6, 6.07) is 8.72. The van der Waals surface area contributed by atoms with Crippen LogP contribution in [0.4, 0.5) is 0 Å². The van der Waals surface area contributed by atoms with E-state index in [2.05, 4.69) is 36.5 Å². The zero-order chi connectivity index (χ0) is 8.97. The van der Waals surface area contributed by atoms with Crippen molar-refractivity contribution in [3.05, 3.63) is 35.4 Å². The lowest BCUT2D eigenvalue weighted by atomic mass is 10.1. The summed E-state index contributed by atoms with van der Waals surface area (Å²) < 4.78 is 0. The van der Waals surface area contributed by atoms with E-state index >= 15 is 0 Å². The Bertz CT molecular complexity index is 224. The minimum Gasteiger partial charge on any atom is -0.329 e. The lowest BCUT2D eigenvalue weighted by Crippen LogP contribution is -2.24. The molecular weight excluding hydrogens is 148 g/mol. The van der Waals surface area contributed by atoms with E-state index in [1.54, 1.807) is 0 Å². The number of nitrogens with one attached hydrogen (secondary N) is 1. The molecular formula is C10H16N2. The minimum absolute atomic E-state index is 0.283. The molecule has 0 unspecified atom stereocenters. The van der Waals surface area contributed by atoms with Crippen LogP contribution in [0, 0.1) is 6.92 Å². The summed E-state index contributed by atoms with van der Waals surface area (Å²) in [4.78, 5) is 0. The normalized spacial score (nSPS) is 12.9. The summed E-state index contributed by atoms with van der Waals surface area (Å²) in [7, 11) is 1.93. The summed E-state index contributed by atoms with van der Waals surface area (Å²) in [6.45, 7) is 2.72. The molecule has 1 rings (SSSR count). The van der Waals surface area contributed by atoms with Gasteiger partial charge in [-0.05, 0) is 19.5 Å². The number of hydrogen-bond acceptors (Lipinski definition) is 2. The summed E-state index contributed by atoms with van der Waals surface area (Å²) in [5.41, 5.74) is 8.13. The zero-order valence-electron chi connectivity index (χ0n) is 7.67. The highest BCUT2D eigenvalue weighted by Crippen LogP contribution is 2.11. The maximum Gasteiger partial charge on any atom is 0.0442 e. The predicted molar refractivity (Wildman–Crippen MR) is 52.0 cm³/mol. The molecule has 0 fully saturated rings. The van der Waals surface area contributed by atoms with Crippen molar-refractivity contribution in [2.45, 2.75) is 13.0 Å². The van der Waals surface area contributed by atoms with Crippen LogP contribution in [0.2, 0.25) is 0 Å². The number of likely N-dealkylation sites (N-methyl/N-ethyl adjacent to an activating group) is 1. The van der Waals surface area contributed by atoms with Crippen LogP contribution in [-0.2, 0) is 0 Å². The quantitative estimate of drug-likeness (QED) is 0.704. The van der Waals surface area contributed by atoms with Crippen molar-refractivity contribution in [3.8, 4) is 0 Å². The highest BCUT2D eigenvalue weighted by atomic mass is 14.9. The molecule has 2 heteroatoms. The van der Waals surface area contributed by atoms with Gasteiger partial charge in [0.15, 0.2) is 0 Å². The molecule has 1 atom stereocenters. The van der Waals surface area contributed by atoms with Gasteiger partial charge in [-0.2, -0.15) is 0 Å². The molecule has 0 heterocycles. The van der Waals surface area contributed by atoms with Crippen molar-refractivity contribution in [2.75, 3.05) is 13.6 Å². The second kappa shape index (κ2) is 4.24. The Morgan fingerprint density at radius 3 is 2.33 bits per heavy atom. The van der Waals surface area contributed by atoms with Gasteiger partial charge in [0.25, 0.3) is 0 Å². The lowest BCUT2D eigenvalue weighted by molar-refractivity contribution is 0.605. The number of hydrogen-bond donors (Lipinski definition) is 2. The van der Waals surface area contributed by atoms with Crippen molar-refractivity contribution in [1.29, 1.82) is 0 Å². The largest absolute Gasteiger partial charge is 0.329 e. The van der Waals surface area contributed by atoms with E-state index in [4.69, 9.17) is 5.73 Å². The third-order valence-corrected chi connectivity index (χ3v) is 2.06. The molecule has 0 saturated heterocycles. The van der Waals surface area contributed by atoms with Gasteiger partial charge in [-0.3, -0.25) is 0 Å². The second-order valence-electron chi connectivity index (χ2n) is 2.99. The first-order chi connectivity index (χ1) is 5.77. The molecule has 12 heavy (non-hydrogen) atoms. The van der Waals surface area contributed by atoms with Gasteiger partial charge in [-0.15, -0.1) is 0 Å². The number of nitrogens with two attached hydrogens (primary N) is 1. The van der Waals surface area contributed by atoms with E-state index in [1.807, 2.05) is 7.05 Å². The van der Waals surface area contributed by atoms with Gasteiger partial charge in [0.05, 0.1) is 0 Å². The summed E-state index contributed by atoms with van der Waals surface area (Å²) >= 11 is 0. The molecule has 0 radical (unpaired) electrons. The topological polar surface area (TPSA) is 38.0 Å². The fraction of sp³-hybridized carbons (Fsp3) is 0.400. The van der Waals surface area contributed by atoms with Crippen molar-refractivity contribution in [1.82, 2.24) is 5.32 Å². The van der Waals surface area contributed by atoms with Gasteiger partial charge >= 0.3 is 0 Å². The minimum atomic E-state index is 0.283. The van der Waals surface area contributed by atoms with Crippen LogP contribution < -0.4 is 11.1 Å². The number of aryl methyl sites for hydroxylation is 1. The highest BCUT2D eigenvalue weighted by Gasteiger charge is 2.04. The standard InChI is InChI=1S/C10H16N2/c1-8-3-5-9(6-4-8)10(7-11)12-2/h3-6,10,12H,7,11H2,1-2H3/t10-/m0/s1. The van der Waals surface area contributed by atoms with Crippen LogP contribution in [-0.4, -0.2) is 13.6 Å². The van der Waals surface area contributed by atoms with Crippen LogP contribution in [0.3, 0.4) is 0 Å². The van der Waals surface area contributed by atoms with E-state index in [0.29, 0.717) is 6.54 Å². The van der Waals surface area contributed by atoms with Crippen LogP contribution >= 0.6 is 0 Å². The third kappa shape index (κ3) is 2.06. The monoisotopic (exact) mass is 164 g/mol. The zero-order valence-corrected chi connectivity index (χ0v) is 7.67. The number of rotatable bonds is 3. The molecule has 1 aromatic rings. The fourth-order valence-electron chi connectivity index (χ4n) is 1.22. The Morgan fingerprint density at radius 1 is 1.33 bits per heavy atom. The Hall–Kier alpha value is -0.860. The summed E-state index contributed by atoms with van der Waals surface area (Å²) in [5.74, 6) is 0. The smallest absolute Gasteiger partial charge is 0.0442 e. The first kappa shape index (κ1) is 9.23. The van der Waals surface area contributed by atoms with Gasteiger partial charge in [-0.25, -0.2) is 0 Å². The van der Waals surface area contributed by atoms with E-state index < -0.39 is 0 Å². The van der Waals surface area contributed by atoms with Crippen molar-refractivity contribution < 1.29 is 0 Å². The van der Waals surface area contributed by atoms with Gasteiger partial charge < -0.3 is 11.1 Å². The SMILES string of the molecule is CN[C@@H](CN)c1ccc(C)cc1. The van der Waals surface area contributed by atoms with Crippen LogP contribution in [0.5, 0.6) is 0 Å². The molecule has 0 aliphatic heterocycles. The average Bonchev–Trinajstić information content (AvgIpc) is 2.10. The first-order valence-corrected chi connectivity index (χ1v) is 4.22. The third-order valence-electron chi connectivity index (χ3n) is 2.06. The van der Waals surface area contributed by atoms with Crippen molar-refractivity contribution >= 4 is 0 Å². The Kier molecular flexibility index (Phi) is 3.26. The van der Waals surface area contributed by atoms with E-state index in [0.717, 1.165) is 0 Å². The average molecular weight is 164 g/mol. The molecule has 3 N–H and O–H groups in total. The molecule has 66 valence electrons. The molecule has 0 bridgehead atoms. The Morgan fingerprint density at radius 2 is 1.92 bits per heavy atom. The predicted octanol–water partition coefficient (Wildman–Crippen LogP) is 1.21. The molecule has 1 aromatic carbocycles. The fourth-order valence-corrected chi connectivity index (χ4v) is 1.22. The van der Waals surface area contributed by atoms with Gasteiger partial charge in [-0.1, -0.05) is 29.8 Å². The van der Waals surface area contributed by atoms with Crippen LogP contribution in [0.1, 0.15) is 17.2 Å². The van der Waals surface area contributed by atoms with Gasteiger partial charge in [0.2, 0.25) is 0 Å². The second-order valence-corrected chi connectivity index (χ2v) is 2.99. The molecule has 2 nitrogen and oxygen atoms in total. The van der Waals surface area contributed by atoms with Crippen molar-refractivity contribution in [3.63, 3.8) is 0 Å². The molecule has 0 amide bonds. The molecule has 0 saturated carbocycles. The Balaban J connectivity index is 2.80. The first-order valence-electron chi connectivity index (χ1n) is 4.22. The summed E-state index contributed by atoms with van der Waals surface area (Å²) in [5, 5.41) is 3.16. The molecule has 0 aliphatic carbocycles. The van der Waals surface area contributed by atoms with Gasteiger partial charge in [0.1, 0.15) is 0 Å². The lowest BCUT2D eigenvalue weighted by Gasteiger charge is -2.13.